The minimum atomic E-state index is -1.83. The Kier molecular flexibility index (Phi) is 4.87. The van der Waals surface area contributed by atoms with Crippen LogP contribution >= 0.6 is 0 Å². The Morgan fingerprint density at radius 2 is 1.71 bits per heavy atom. The molecule has 1 aliphatic rings. The molecule has 8 heteroatoms. The van der Waals surface area contributed by atoms with Gasteiger partial charge in [0.05, 0.1) is 7.11 Å². The summed E-state index contributed by atoms with van der Waals surface area (Å²) in [6, 6.07) is 0. The van der Waals surface area contributed by atoms with Crippen molar-refractivity contribution >= 4 is 5.97 Å². The largest absolute Gasteiger partial charge is 0.476 e. The summed E-state index contributed by atoms with van der Waals surface area (Å²) in [5.41, 5.74) is -2.91. The minimum Gasteiger partial charge on any atom is -0.476 e. The van der Waals surface area contributed by atoms with Gasteiger partial charge in [0.25, 0.3) is 11.9 Å². The van der Waals surface area contributed by atoms with E-state index in [0.717, 1.165) is 0 Å². The molecule has 0 bridgehead atoms. The molecule has 1 saturated carbocycles. The number of methoxy groups -OCH3 is 1. The quantitative estimate of drug-likeness (QED) is 0.361. The number of carbonyl (C=O) groups is 1. The molecular weight excluding hydrogens is 330 g/mol. The van der Waals surface area contributed by atoms with E-state index in [9.17, 15) is 22.4 Å². The van der Waals surface area contributed by atoms with E-state index in [4.69, 9.17) is 9.47 Å². The maximum absolute atomic E-state index is 13.9. The first kappa shape index (κ1) is 18.2. The van der Waals surface area contributed by atoms with Gasteiger partial charge < -0.3 is 9.47 Å². The summed E-state index contributed by atoms with van der Waals surface area (Å²) in [6.07, 6.45) is 2.90. The fraction of sp³-hybridized carbons (Fsp3) is 0.500. The molecule has 0 spiro atoms. The molecule has 132 valence electrons. The van der Waals surface area contributed by atoms with Crippen molar-refractivity contribution in [2.45, 2.75) is 38.2 Å². The van der Waals surface area contributed by atoms with Gasteiger partial charge in [-0.15, -0.1) is 0 Å². The zero-order chi connectivity index (χ0) is 18.1. The number of hydrogen-bond donors (Lipinski definition) is 0. The van der Waals surface area contributed by atoms with E-state index in [1.165, 1.54) is 20.1 Å². The van der Waals surface area contributed by atoms with Crippen LogP contribution in [0.2, 0.25) is 0 Å². The van der Waals surface area contributed by atoms with E-state index in [1.807, 2.05) is 0 Å². The lowest BCUT2D eigenvalue weighted by atomic mass is 9.64. The van der Waals surface area contributed by atoms with Gasteiger partial charge in [0, 0.05) is 0 Å². The molecule has 24 heavy (non-hydrogen) atoms. The van der Waals surface area contributed by atoms with Gasteiger partial charge >= 0.3 is 5.97 Å². The summed E-state index contributed by atoms with van der Waals surface area (Å²) in [5.74, 6) is -9.15. The maximum Gasteiger partial charge on any atom is 0.315 e. The number of rotatable bonds is 4. The molecule has 0 saturated heterocycles. The van der Waals surface area contributed by atoms with Crippen LogP contribution in [0, 0.1) is 28.9 Å². The molecule has 2 rings (SSSR count). The number of halogens is 4. The van der Waals surface area contributed by atoms with Crippen LogP contribution in [0.1, 0.15) is 32.6 Å². The highest BCUT2D eigenvalue weighted by molar-refractivity contribution is 5.78. The second-order valence-corrected chi connectivity index (χ2v) is 5.88. The van der Waals surface area contributed by atoms with Gasteiger partial charge in [0.2, 0.25) is 17.4 Å². The molecular formula is C16H17F4NO3. The lowest BCUT2D eigenvalue weighted by Crippen LogP contribution is -2.56. The molecule has 4 nitrogen and oxygen atoms in total. The monoisotopic (exact) mass is 347 g/mol. The summed E-state index contributed by atoms with van der Waals surface area (Å²) in [7, 11) is 1.17. The topological polar surface area (TPSA) is 48.4 Å². The molecule has 0 radical (unpaired) electrons. The molecule has 2 unspecified atom stereocenters. The Morgan fingerprint density at radius 3 is 2.21 bits per heavy atom. The van der Waals surface area contributed by atoms with E-state index >= 15 is 0 Å². The molecule has 0 aliphatic heterocycles. The SMILES string of the molecule is C=CC1(Oc2c(F)c(F)nc(F)c2F)CCCCC1(C)C(=O)OC. The van der Waals surface area contributed by atoms with Crippen LogP contribution in [0.4, 0.5) is 17.6 Å². The highest BCUT2D eigenvalue weighted by atomic mass is 19.2. The number of nitrogens with zero attached hydrogens (tertiary/aromatic N) is 1. The van der Waals surface area contributed by atoms with Crippen molar-refractivity contribution in [2.75, 3.05) is 7.11 Å². The number of carbonyl (C=O) groups excluding carboxylic acids is 1. The van der Waals surface area contributed by atoms with E-state index < -0.39 is 46.3 Å². The van der Waals surface area contributed by atoms with Gasteiger partial charge in [-0.05, 0) is 32.3 Å². The Balaban J connectivity index is 2.59. The fourth-order valence-corrected chi connectivity index (χ4v) is 3.13. The van der Waals surface area contributed by atoms with Crippen molar-refractivity contribution in [1.82, 2.24) is 4.98 Å². The van der Waals surface area contributed by atoms with Crippen LogP contribution in [0.15, 0.2) is 12.7 Å². The Bertz CT molecular complexity index is 656. The van der Waals surface area contributed by atoms with Crippen molar-refractivity contribution in [3.05, 3.63) is 36.2 Å². The first-order chi connectivity index (χ1) is 11.2. The zero-order valence-corrected chi connectivity index (χ0v) is 13.3. The second kappa shape index (κ2) is 6.41. The average Bonchev–Trinajstić information content (AvgIpc) is 2.57. The van der Waals surface area contributed by atoms with E-state index in [2.05, 4.69) is 11.6 Å². The summed E-state index contributed by atoms with van der Waals surface area (Å²) < 4.78 is 64.6. The smallest absolute Gasteiger partial charge is 0.315 e. The molecule has 1 aromatic rings. The number of hydrogen-bond acceptors (Lipinski definition) is 4. The fourth-order valence-electron chi connectivity index (χ4n) is 3.13. The highest BCUT2D eigenvalue weighted by Gasteiger charge is 2.56. The molecule has 1 heterocycles. The van der Waals surface area contributed by atoms with E-state index in [1.54, 1.807) is 0 Å². The number of aromatic nitrogens is 1. The van der Waals surface area contributed by atoms with Crippen LogP contribution in [-0.4, -0.2) is 23.7 Å². The van der Waals surface area contributed by atoms with Crippen LogP contribution in [0.25, 0.3) is 0 Å². The Hall–Kier alpha value is -2.12. The molecule has 0 aromatic carbocycles. The van der Waals surface area contributed by atoms with Crippen molar-refractivity contribution in [3.63, 3.8) is 0 Å². The van der Waals surface area contributed by atoms with E-state index in [-0.39, 0.29) is 6.42 Å². The Labute approximate surface area is 136 Å². The standard InChI is InChI=1S/C16H17F4NO3/c1-4-16(8-6-5-7-15(16,2)14(22)23-3)24-11-9(17)12(19)21-13(20)10(11)18/h4H,1,5-8H2,2-3H3. The van der Waals surface area contributed by atoms with Gasteiger partial charge in [-0.1, -0.05) is 13.0 Å². The van der Waals surface area contributed by atoms with Crippen molar-refractivity contribution < 1.29 is 31.8 Å². The van der Waals surface area contributed by atoms with Crippen molar-refractivity contribution in [3.8, 4) is 5.75 Å². The summed E-state index contributed by atoms with van der Waals surface area (Å²) in [6.45, 7) is 5.09. The van der Waals surface area contributed by atoms with Crippen LogP contribution < -0.4 is 4.74 Å². The van der Waals surface area contributed by atoms with Gasteiger partial charge in [-0.2, -0.15) is 22.5 Å². The molecule has 1 fully saturated rings. The van der Waals surface area contributed by atoms with Crippen molar-refractivity contribution in [1.29, 1.82) is 0 Å². The van der Waals surface area contributed by atoms with Crippen LogP contribution in [0.3, 0.4) is 0 Å². The molecule has 0 N–H and O–H groups in total. The molecule has 1 aliphatic carbocycles. The summed E-state index contributed by atoms with van der Waals surface area (Å²) in [4.78, 5) is 14.7. The van der Waals surface area contributed by atoms with Gasteiger partial charge in [0.15, 0.2) is 0 Å². The first-order valence-electron chi connectivity index (χ1n) is 7.33. The lowest BCUT2D eigenvalue weighted by molar-refractivity contribution is -0.167. The third kappa shape index (κ3) is 2.63. The maximum atomic E-state index is 13.9. The normalized spacial score (nSPS) is 26.8. The minimum absolute atomic E-state index is 0.173. The number of pyridine rings is 1. The summed E-state index contributed by atoms with van der Waals surface area (Å²) >= 11 is 0. The van der Waals surface area contributed by atoms with Crippen LogP contribution in [0.5, 0.6) is 5.75 Å². The second-order valence-electron chi connectivity index (χ2n) is 5.88. The highest BCUT2D eigenvalue weighted by Crippen LogP contribution is 2.49. The Morgan fingerprint density at radius 1 is 1.17 bits per heavy atom. The molecule has 2 atom stereocenters. The van der Waals surface area contributed by atoms with Crippen molar-refractivity contribution in [2.24, 2.45) is 5.41 Å². The van der Waals surface area contributed by atoms with E-state index in [0.29, 0.717) is 19.3 Å². The summed E-state index contributed by atoms with van der Waals surface area (Å²) in [5, 5.41) is 0. The predicted octanol–water partition coefficient (Wildman–Crippen LogP) is 3.69. The molecule has 0 amide bonds. The first-order valence-corrected chi connectivity index (χ1v) is 7.33. The number of esters is 1. The average molecular weight is 347 g/mol. The van der Waals surface area contributed by atoms with Crippen LogP contribution in [-0.2, 0) is 9.53 Å². The third-order valence-electron chi connectivity index (χ3n) is 4.62. The predicted molar refractivity (Wildman–Crippen MR) is 76.2 cm³/mol. The van der Waals surface area contributed by atoms with Gasteiger partial charge in [-0.3, -0.25) is 4.79 Å². The zero-order valence-electron chi connectivity index (χ0n) is 13.3. The lowest BCUT2D eigenvalue weighted by Gasteiger charge is -2.47. The number of ether oxygens (including phenoxy) is 2. The molecule has 1 aromatic heterocycles. The van der Waals surface area contributed by atoms with Gasteiger partial charge in [-0.25, -0.2) is 0 Å². The third-order valence-corrected chi connectivity index (χ3v) is 4.62. The van der Waals surface area contributed by atoms with Gasteiger partial charge in [0.1, 0.15) is 11.0 Å².